The highest BCUT2D eigenvalue weighted by Gasteiger charge is 2.20. The summed E-state index contributed by atoms with van der Waals surface area (Å²) in [5.74, 6) is -0.369. The minimum atomic E-state index is -4.05. The number of oxazole rings is 1. The van der Waals surface area contributed by atoms with E-state index in [0.29, 0.717) is 22.7 Å². The molecule has 10 heteroatoms. The number of hydrogen-bond donors (Lipinski definition) is 2. The highest BCUT2D eigenvalue weighted by molar-refractivity contribution is 7.92. The number of aromatic nitrogens is 2. The smallest absolute Gasteiger partial charge is 0.270 e. The number of sulfonamides is 1. The number of amides is 1. The Balaban J connectivity index is 1.56. The molecule has 2 N–H and O–H groups in total. The third-order valence-electron chi connectivity index (χ3n) is 4.94. The van der Waals surface area contributed by atoms with Crippen molar-refractivity contribution >= 4 is 21.6 Å². The fraction of sp³-hybridized carbons (Fsp3) is 0.125. The summed E-state index contributed by atoms with van der Waals surface area (Å²) in [5.41, 5.74) is 2.11. The average molecular weight is 481 g/mol. The van der Waals surface area contributed by atoms with E-state index in [1.54, 1.807) is 56.3 Å². The summed E-state index contributed by atoms with van der Waals surface area (Å²) < 4.78 is 47.3. The second-order valence-corrected chi connectivity index (χ2v) is 9.16. The van der Waals surface area contributed by atoms with Gasteiger partial charge in [0.2, 0.25) is 5.89 Å². The molecule has 2 aromatic heterocycles. The van der Waals surface area contributed by atoms with Crippen LogP contribution in [0.2, 0.25) is 0 Å². The van der Waals surface area contributed by atoms with E-state index in [2.05, 4.69) is 20.0 Å². The Labute approximate surface area is 195 Å². The first-order valence-electron chi connectivity index (χ1n) is 10.3. The number of rotatable bonds is 7. The maximum absolute atomic E-state index is 13.5. The van der Waals surface area contributed by atoms with E-state index in [1.165, 1.54) is 12.1 Å². The van der Waals surface area contributed by atoms with Gasteiger partial charge in [0.25, 0.3) is 15.9 Å². The van der Waals surface area contributed by atoms with Gasteiger partial charge in [0.15, 0.2) is 0 Å². The summed E-state index contributed by atoms with van der Waals surface area (Å²) in [6.45, 7) is 3.59. The summed E-state index contributed by atoms with van der Waals surface area (Å²) in [7, 11) is -4.05. The molecule has 4 rings (SSSR count). The summed E-state index contributed by atoms with van der Waals surface area (Å²) in [4.78, 5) is 20.8. The molecule has 2 aromatic carbocycles. The van der Waals surface area contributed by atoms with Crippen LogP contribution in [0.1, 0.15) is 27.6 Å². The number of pyridine rings is 1. The Hall–Kier alpha value is -4.05. The van der Waals surface area contributed by atoms with Gasteiger partial charge < -0.3 is 9.73 Å². The highest BCUT2D eigenvalue weighted by atomic mass is 32.2. The van der Waals surface area contributed by atoms with Crippen LogP contribution in [0, 0.1) is 19.7 Å². The van der Waals surface area contributed by atoms with Crippen LogP contribution in [-0.4, -0.2) is 24.3 Å². The average Bonchev–Trinajstić information content (AvgIpc) is 3.18. The zero-order valence-electron chi connectivity index (χ0n) is 18.4. The molecule has 0 spiro atoms. The van der Waals surface area contributed by atoms with E-state index >= 15 is 0 Å². The molecule has 4 aromatic rings. The van der Waals surface area contributed by atoms with Crippen molar-refractivity contribution in [3.63, 3.8) is 0 Å². The van der Waals surface area contributed by atoms with E-state index in [9.17, 15) is 17.6 Å². The Morgan fingerprint density at radius 2 is 1.76 bits per heavy atom. The number of nitrogens with one attached hydrogen (secondary N) is 2. The number of carbonyl (C=O) groups excluding carboxylic acids is 1. The molecule has 0 saturated carbocycles. The molecular formula is C24H21FN4O4S. The molecule has 0 aliphatic heterocycles. The molecule has 0 aliphatic carbocycles. The van der Waals surface area contributed by atoms with Crippen molar-refractivity contribution in [1.29, 1.82) is 0 Å². The predicted octanol–water partition coefficient (Wildman–Crippen LogP) is 4.22. The molecule has 34 heavy (non-hydrogen) atoms. The fourth-order valence-corrected chi connectivity index (χ4v) is 4.34. The number of halogens is 1. The monoisotopic (exact) mass is 480 g/mol. The molecule has 174 valence electrons. The highest BCUT2D eigenvalue weighted by Crippen LogP contribution is 2.30. The van der Waals surface area contributed by atoms with Gasteiger partial charge in [-0.3, -0.25) is 9.52 Å². The van der Waals surface area contributed by atoms with Crippen molar-refractivity contribution in [2.24, 2.45) is 0 Å². The first kappa shape index (κ1) is 23.1. The van der Waals surface area contributed by atoms with E-state index in [1.807, 2.05) is 0 Å². The summed E-state index contributed by atoms with van der Waals surface area (Å²) >= 11 is 0. The lowest BCUT2D eigenvalue weighted by molar-refractivity contribution is 0.0945. The van der Waals surface area contributed by atoms with E-state index in [-0.39, 0.29) is 28.9 Å². The van der Waals surface area contributed by atoms with Crippen LogP contribution in [0.15, 0.2) is 76.0 Å². The molecule has 0 aliphatic rings. The zero-order chi connectivity index (χ0) is 24.3. The number of carbonyl (C=O) groups is 1. The SMILES string of the molecule is Cc1cccc(C(=O)NCc2nc(-c3ccccc3NS(=O)(=O)c3cccc(F)c3)oc2C)n1. The predicted molar refractivity (Wildman–Crippen MR) is 124 cm³/mol. The van der Waals surface area contributed by atoms with Gasteiger partial charge in [-0.1, -0.05) is 24.3 Å². The van der Waals surface area contributed by atoms with Crippen LogP contribution in [0.25, 0.3) is 11.5 Å². The van der Waals surface area contributed by atoms with Crippen LogP contribution in [0.4, 0.5) is 10.1 Å². The molecule has 0 atom stereocenters. The molecule has 0 radical (unpaired) electrons. The third-order valence-corrected chi connectivity index (χ3v) is 6.30. The van der Waals surface area contributed by atoms with Crippen molar-refractivity contribution in [1.82, 2.24) is 15.3 Å². The Morgan fingerprint density at radius 3 is 2.53 bits per heavy atom. The van der Waals surface area contributed by atoms with Gasteiger partial charge in [0.1, 0.15) is 23.0 Å². The fourth-order valence-electron chi connectivity index (χ4n) is 3.23. The lowest BCUT2D eigenvalue weighted by Gasteiger charge is -2.11. The lowest BCUT2D eigenvalue weighted by Crippen LogP contribution is -2.24. The Kier molecular flexibility index (Phi) is 6.42. The minimum Gasteiger partial charge on any atom is -0.441 e. The third kappa shape index (κ3) is 5.12. The number of hydrogen-bond acceptors (Lipinski definition) is 6. The summed E-state index contributed by atoms with van der Waals surface area (Å²) in [5, 5.41) is 2.76. The van der Waals surface area contributed by atoms with Gasteiger partial charge in [-0.15, -0.1) is 0 Å². The van der Waals surface area contributed by atoms with Crippen molar-refractivity contribution in [2.75, 3.05) is 4.72 Å². The van der Waals surface area contributed by atoms with Gasteiger partial charge >= 0.3 is 0 Å². The molecular weight excluding hydrogens is 459 g/mol. The second-order valence-electron chi connectivity index (χ2n) is 7.48. The van der Waals surface area contributed by atoms with Crippen molar-refractivity contribution in [3.05, 3.63) is 95.4 Å². The minimum absolute atomic E-state index is 0.0982. The molecule has 0 unspecified atom stereocenters. The molecule has 0 fully saturated rings. The van der Waals surface area contributed by atoms with Crippen molar-refractivity contribution < 1.29 is 22.0 Å². The van der Waals surface area contributed by atoms with Gasteiger partial charge in [0, 0.05) is 5.69 Å². The van der Waals surface area contributed by atoms with Crippen LogP contribution >= 0.6 is 0 Å². The van der Waals surface area contributed by atoms with E-state index < -0.39 is 15.8 Å². The molecule has 1 amide bonds. The van der Waals surface area contributed by atoms with Crippen LogP contribution in [0.5, 0.6) is 0 Å². The normalized spacial score (nSPS) is 11.3. The van der Waals surface area contributed by atoms with E-state index in [4.69, 9.17) is 4.42 Å². The summed E-state index contributed by atoms with van der Waals surface area (Å²) in [6, 6.07) is 16.4. The molecule has 8 nitrogen and oxygen atoms in total. The Morgan fingerprint density at radius 1 is 1.00 bits per heavy atom. The van der Waals surface area contributed by atoms with Gasteiger partial charge in [-0.2, -0.15) is 0 Å². The first-order valence-corrected chi connectivity index (χ1v) is 11.8. The second kappa shape index (κ2) is 9.44. The van der Waals surface area contributed by atoms with Crippen LogP contribution in [0.3, 0.4) is 0 Å². The van der Waals surface area contributed by atoms with Gasteiger partial charge in [0.05, 0.1) is 22.7 Å². The number of para-hydroxylation sites is 1. The van der Waals surface area contributed by atoms with E-state index in [0.717, 1.165) is 17.8 Å². The molecule has 2 heterocycles. The summed E-state index contributed by atoms with van der Waals surface area (Å²) in [6.07, 6.45) is 0. The van der Waals surface area contributed by atoms with Crippen molar-refractivity contribution in [2.45, 2.75) is 25.3 Å². The lowest BCUT2D eigenvalue weighted by atomic mass is 10.2. The Bertz CT molecular complexity index is 1470. The topological polar surface area (TPSA) is 114 Å². The van der Waals surface area contributed by atoms with Crippen LogP contribution < -0.4 is 10.0 Å². The molecule has 0 bridgehead atoms. The maximum Gasteiger partial charge on any atom is 0.270 e. The molecule has 0 saturated heterocycles. The number of aryl methyl sites for hydroxylation is 2. The first-order chi connectivity index (χ1) is 16.2. The number of nitrogens with zero attached hydrogens (tertiary/aromatic N) is 2. The number of anilines is 1. The van der Waals surface area contributed by atoms with Crippen LogP contribution in [-0.2, 0) is 16.6 Å². The van der Waals surface area contributed by atoms with Crippen molar-refractivity contribution in [3.8, 4) is 11.5 Å². The quantitative estimate of drug-likeness (QED) is 0.409. The zero-order valence-corrected chi connectivity index (χ0v) is 19.2. The largest absolute Gasteiger partial charge is 0.441 e. The van der Waals surface area contributed by atoms with Gasteiger partial charge in [-0.25, -0.2) is 22.8 Å². The number of benzene rings is 2. The maximum atomic E-state index is 13.5. The standard InChI is InChI=1S/C24H21FN4O4S/c1-15-7-5-12-21(27-15)23(30)26-14-22-16(2)33-24(28-22)19-10-3-4-11-20(19)29-34(31,32)18-9-6-8-17(25)13-18/h3-13,29H,14H2,1-2H3,(H,26,30). The van der Waals surface area contributed by atoms with Gasteiger partial charge in [-0.05, 0) is 56.3 Å².